The van der Waals surface area contributed by atoms with Crippen molar-refractivity contribution in [2.45, 2.75) is 24.3 Å². The molecule has 2 aromatic rings. The first kappa shape index (κ1) is 14.8. The van der Waals surface area contributed by atoms with Gasteiger partial charge in [-0.25, -0.2) is 13.1 Å². The second-order valence-electron chi connectivity index (χ2n) is 4.49. The third kappa shape index (κ3) is 3.93. The summed E-state index contributed by atoms with van der Waals surface area (Å²) in [6.45, 7) is 0.847. The molecule has 108 valence electrons. The van der Waals surface area contributed by atoms with E-state index in [9.17, 15) is 8.42 Å². The van der Waals surface area contributed by atoms with Crippen LogP contribution in [0.2, 0.25) is 0 Å². The zero-order valence-corrected chi connectivity index (χ0v) is 11.9. The molecule has 0 bridgehead atoms. The molecule has 20 heavy (non-hydrogen) atoms. The Hall–Kier alpha value is -1.63. The van der Waals surface area contributed by atoms with Crippen molar-refractivity contribution in [3.05, 3.63) is 54.0 Å². The maximum Gasteiger partial charge on any atom is 0.240 e. The third-order valence-electron chi connectivity index (χ3n) is 2.95. The van der Waals surface area contributed by atoms with E-state index < -0.39 is 10.0 Å². The molecule has 0 aliphatic rings. The van der Waals surface area contributed by atoms with Crippen molar-refractivity contribution in [1.29, 1.82) is 0 Å². The number of rotatable bonds is 7. The third-order valence-corrected chi connectivity index (χ3v) is 4.37. The zero-order valence-electron chi connectivity index (χ0n) is 11.1. The number of aryl methyl sites for hydroxylation is 1. The van der Waals surface area contributed by atoms with Gasteiger partial charge < -0.3 is 10.2 Å². The van der Waals surface area contributed by atoms with E-state index in [-0.39, 0.29) is 11.4 Å². The van der Waals surface area contributed by atoms with E-state index in [4.69, 9.17) is 10.2 Å². The van der Waals surface area contributed by atoms with Gasteiger partial charge in [-0.3, -0.25) is 0 Å². The molecule has 3 N–H and O–H groups in total. The summed E-state index contributed by atoms with van der Waals surface area (Å²) in [5.74, 6) is 0. The number of hydrogen-bond acceptors (Lipinski definition) is 4. The molecule has 0 atom stereocenters. The fourth-order valence-corrected chi connectivity index (χ4v) is 2.81. The average molecular weight is 294 g/mol. The van der Waals surface area contributed by atoms with E-state index in [2.05, 4.69) is 4.72 Å². The fourth-order valence-electron chi connectivity index (χ4n) is 1.80. The molecule has 0 spiro atoms. The lowest BCUT2D eigenvalue weighted by Crippen LogP contribution is -2.22. The molecule has 1 aromatic heterocycles. The normalized spacial score (nSPS) is 11.7. The number of hydrogen-bond donors (Lipinski definition) is 2. The highest BCUT2D eigenvalue weighted by atomic mass is 32.2. The molecule has 1 aromatic carbocycles. The Balaban J connectivity index is 2.01. The van der Waals surface area contributed by atoms with E-state index in [0.717, 1.165) is 24.0 Å². The number of sulfonamides is 1. The van der Waals surface area contributed by atoms with Crippen LogP contribution in [0.25, 0.3) is 0 Å². The van der Waals surface area contributed by atoms with Gasteiger partial charge in [0, 0.05) is 12.1 Å². The molecule has 0 amide bonds. The molecule has 2 rings (SSSR count). The van der Waals surface area contributed by atoms with Gasteiger partial charge >= 0.3 is 0 Å². The van der Waals surface area contributed by atoms with Crippen LogP contribution in [0.5, 0.6) is 0 Å². The van der Waals surface area contributed by atoms with Gasteiger partial charge in [-0.1, -0.05) is 12.1 Å². The highest BCUT2D eigenvalue weighted by Crippen LogP contribution is 2.12. The molecule has 0 aliphatic heterocycles. The Morgan fingerprint density at radius 1 is 1.10 bits per heavy atom. The highest BCUT2D eigenvalue weighted by Gasteiger charge is 2.13. The average Bonchev–Trinajstić information content (AvgIpc) is 2.97. The van der Waals surface area contributed by atoms with Crippen molar-refractivity contribution in [1.82, 2.24) is 4.72 Å². The molecule has 0 aliphatic carbocycles. The lowest BCUT2D eigenvalue weighted by Gasteiger charge is -2.06. The second-order valence-corrected chi connectivity index (χ2v) is 6.26. The fraction of sp³-hybridized carbons (Fsp3) is 0.286. The Labute approximate surface area is 118 Å². The van der Waals surface area contributed by atoms with Crippen LogP contribution in [-0.2, 0) is 23.0 Å². The molecule has 5 nitrogen and oxygen atoms in total. The first-order chi connectivity index (χ1) is 9.62. The number of furan rings is 1. The Morgan fingerprint density at radius 2 is 1.85 bits per heavy atom. The summed E-state index contributed by atoms with van der Waals surface area (Å²) in [5.41, 5.74) is 7.32. The molecular weight excluding hydrogens is 276 g/mol. The summed E-state index contributed by atoms with van der Waals surface area (Å²) in [6, 6.07) is 8.59. The van der Waals surface area contributed by atoms with Gasteiger partial charge in [0.25, 0.3) is 0 Å². The minimum Gasteiger partial charge on any atom is -0.472 e. The molecule has 0 fully saturated rings. The van der Waals surface area contributed by atoms with Crippen LogP contribution in [0, 0.1) is 0 Å². The number of nitrogens with two attached hydrogens (primary N) is 1. The topological polar surface area (TPSA) is 85.3 Å². The van der Waals surface area contributed by atoms with Crippen molar-refractivity contribution in [2.24, 2.45) is 5.73 Å². The van der Waals surface area contributed by atoms with Gasteiger partial charge in [0.05, 0.1) is 17.4 Å². The molecule has 1 heterocycles. The Kier molecular flexibility index (Phi) is 4.94. The molecule has 0 saturated carbocycles. The van der Waals surface area contributed by atoms with Gasteiger partial charge in [-0.15, -0.1) is 0 Å². The van der Waals surface area contributed by atoms with Crippen LogP contribution in [0.15, 0.2) is 52.2 Å². The minimum absolute atomic E-state index is 0.216. The predicted octanol–water partition coefficient (Wildman–Crippen LogP) is 1.65. The maximum atomic E-state index is 12.1. The first-order valence-corrected chi connectivity index (χ1v) is 7.90. The number of benzene rings is 1. The lowest BCUT2D eigenvalue weighted by atomic mass is 10.1. The van der Waals surface area contributed by atoms with Crippen molar-refractivity contribution in [2.75, 3.05) is 6.54 Å². The van der Waals surface area contributed by atoms with Crippen molar-refractivity contribution < 1.29 is 12.8 Å². The molecule has 0 unspecified atom stereocenters. The first-order valence-electron chi connectivity index (χ1n) is 6.41. The zero-order chi connectivity index (χ0) is 14.4. The predicted molar refractivity (Wildman–Crippen MR) is 76.6 cm³/mol. The Morgan fingerprint density at radius 3 is 2.45 bits per heavy atom. The molecule has 0 saturated heterocycles. The summed E-state index contributed by atoms with van der Waals surface area (Å²) in [6.07, 6.45) is 4.78. The van der Waals surface area contributed by atoms with Gasteiger partial charge in [0.15, 0.2) is 0 Å². The minimum atomic E-state index is -3.49. The van der Waals surface area contributed by atoms with Crippen LogP contribution < -0.4 is 10.5 Å². The summed E-state index contributed by atoms with van der Waals surface area (Å²) in [4.78, 5) is 0.262. The van der Waals surface area contributed by atoms with Crippen LogP contribution in [-0.4, -0.2) is 15.0 Å². The summed E-state index contributed by atoms with van der Waals surface area (Å²) in [5, 5.41) is 0. The van der Waals surface area contributed by atoms with Crippen LogP contribution >= 0.6 is 0 Å². The molecule has 6 heteroatoms. The van der Waals surface area contributed by atoms with Gasteiger partial charge in [0.1, 0.15) is 0 Å². The summed E-state index contributed by atoms with van der Waals surface area (Å²) >= 11 is 0. The van der Waals surface area contributed by atoms with E-state index >= 15 is 0 Å². The largest absolute Gasteiger partial charge is 0.472 e. The summed E-state index contributed by atoms with van der Waals surface area (Å²) < 4.78 is 31.6. The van der Waals surface area contributed by atoms with Gasteiger partial charge in [-0.05, 0) is 43.1 Å². The van der Waals surface area contributed by atoms with Crippen molar-refractivity contribution in [3.63, 3.8) is 0 Å². The van der Waals surface area contributed by atoms with E-state index in [1.54, 1.807) is 18.2 Å². The van der Waals surface area contributed by atoms with Crippen molar-refractivity contribution in [3.8, 4) is 0 Å². The van der Waals surface area contributed by atoms with Crippen LogP contribution in [0.3, 0.4) is 0 Å². The van der Waals surface area contributed by atoms with E-state index in [0.29, 0.717) is 6.54 Å². The van der Waals surface area contributed by atoms with Gasteiger partial charge in [0.2, 0.25) is 10.0 Å². The Bertz CT molecular complexity index is 619. The highest BCUT2D eigenvalue weighted by molar-refractivity contribution is 7.89. The van der Waals surface area contributed by atoms with E-state index in [1.165, 1.54) is 12.5 Å². The van der Waals surface area contributed by atoms with E-state index in [1.807, 2.05) is 12.1 Å². The standard InChI is InChI=1S/C14H18N2O3S/c15-8-1-2-12-3-5-14(6-4-12)20(17,18)16-10-13-7-9-19-11-13/h3-7,9,11,16H,1-2,8,10,15H2. The summed E-state index contributed by atoms with van der Waals surface area (Å²) in [7, 11) is -3.49. The quantitative estimate of drug-likeness (QED) is 0.813. The molecular formula is C14H18N2O3S. The smallest absolute Gasteiger partial charge is 0.240 e. The monoisotopic (exact) mass is 294 g/mol. The van der Waals surface area contributed by atoms with Crippen LogP contribution in [0.1, 0.15) is 17.5 Å². The maximum absolute atomic E-state index is 12.1. The molecule has 0 radical (unpaired) electrons. The van der Waals surface area contributed by atoms with Crippen molar-refractivity contribution >= 4 is 10.0 Å². The SMILES string of the molecule is NCCCc1ccc(S(=O)(=O)NCc2ccoc2)cc1. The van der Waals surface area contributed by atoms with Gasteiger partial charge in [-0.2, -0.15) is 0 Å². The second kappa shape index (κ2) is 6.69. The lowest BCUT2D eigenvalue weighted by molar-refractivity contribution is 0.561. The number of nitrogens with one attached hydrogen (secondary N) is 1. The van der Waals surface area contributed by atoms with Crippen LogP contribution in [0.4, 0.5) is 0 Å².